The van der Waals surface area contributed by atoms with Crippen LogP contribution in [0.15, 0.2) is 70.3 Å². The molecule has 176 valence electrons. The van der Waals surface area contributed by atoms with Gasteiger partial charge in [0.05, 0.1) is 20.0 Å². The molecule has 0 spiro atoms. The number of methoxy groups -OCH3 is 2. The minimum absolute atomic E-state index is 0.113. The second kappa shape index (κ2) is 11.4. The van der Waals surface area contributed by atoms with Crippen LogP contribution in [-0.4, -0.2) is 42.6 Å². The van der Waals surface area contributed by atoms with Crippen molar-refractivity contribution >= 4 is 28.4 Å². The molecule has 3 aromatic carbocycles. The summed E-state index contributed by atoms with van der Waals surface area (Å²) in [7, 11) is 3.19. The van der Waals surface area contributed by atoms with Crippen LogP contribution in [0.2, 0.25) is 0 Å². The van der Waals surface area contributed by atoms with Gasteiger partial charge in [-0.1, -0.05) is 48.2 Å². The Morgan fingerprint density at radius 1 is 0.971 bits per heavy atom. The van der Waals surface area contributed by atoms with Gasteiger partial charge in [0.2, 0.25) is 5.91 Å². The third kappa shape index (κ3) is 6.20. The first-order chi connectivity index (χ1) is 16.6. The van der Waals surface area contributed by atoms with Crippen LogP contribution in [0.1, 0.15) is 11.5 Å². The first-order valence-electron chi connectivity index (χ1n) is 10.7. The van der Waals surface area contributed by atoms with E-state index in [9.17, 15) is 4.79 Å². The van der Waals surface area contributed by atoms with Gasteiger partial charge < -0.3 is 23.9 Å². The molecule has 34 heavy (non-hydrogen) atoms. The summed E-state index contributed by atoms with van der Waals surface area (Å²) >= 11 is 1.19. The molecule has 1 N–H and O–H groups in total. The van der Waals surface area contributed by atoms with E-state index in [1.165, 1.54) is 11.8 Å². The number of carbonyl (C=O) groups excluding carboxylic acids is 1. The smallest absolute Gasteiger partial charge is 0.277 e. The lowest BCUT2D eigenvalue weighted by molar-refractivity contribution is -0.118. The molecule has 0 radical (unpaired) electrons. The van der Waals surface area contributed by atoms with Crippen molar-refractivity contribution in [1.29, 1.82) is 0 Å². The largest absolute Gasteiger partial charge is 0.493 e. The van der Waals surface area contributed by atoms with Gasteiger partial charge in [0, 0.05) is 6.54 Å². The summed E-state index contributed by atoms with van der Waals surface area (Å²) in [5, 5.41) is 13.4. The van der Waals surface area contributed by atoms with Crippen LogP contribution in [0.4, 0.5) is 0 Å². The molecule has 9 heteroatoms. The lowest BCUT2D eigenvalue weighted by atomic mass is 10.1. The Balaban J connectivity index is 1.19. The van der Waals surface area contributed by atoms with E-state index in [1.807, 2.05) is 60.7 Å². The van der Waals surface area contributed by atoms with Gasteiger partial charge in [-0.15, -0.1) is 10.2 Å². The second-order valence-electron chi connectivity index (χ2n) is 7.34. The van der Waals surface area contributed by atoms with E-state index in [-0.39, 0.29) is 18.3 Å². The summed E-state index contributed by atoms with van der Waals surface area (Å²) in [6, 6.07) is 19.6. The van der Waals surface area contributed by atoms with E-state index < -0.39 is 0 Å². The van der Waals surface area contributed by atoms with Gasteiger partial charge in [0.1, 0.15) is 5.75 Å². The maximum atomic E-state index is 12.2. The van der Waals surface area contributed by atoms with Crippen LogP contribution >= 0.6 is 11.8 Å². The molecule has 0 saturated carbocycles. The lowest BCUT2D eigenvalue weighted by Gasteiger charge is -2.10. The number of fused-ring (bicyclic) bond motifs is 1. The summed E-state index contributed by atoms with van der Waals surface area (Å²) in [5.74, 6) is 2.48. The highest BCUT2D eigenvalue weighted by atomic mass is 32.2. The number of hydrogen-bond donors (Lipinski definition) is 1. The van der Waals surface area contributed by atoms with Crippen LogP contribution in [0.5, 0.6) is 17.2 Å². The van der Waals surface area contributed by atoms with E-state index in [2.05, 4.69) is 15.5 Å². The Kier molecular flexibility index (Phi) is 7.87. The van der Waals surface area contributed by atoms with Crippen molar-refractivity contribution in [2.75, 3.05) is 26.5 Å². The zero-order valence-corrected chi connectivity index (χ0v) is 19.8. The van der Waals surface area contributed by atoms with E-state index in [4.69, 9.17) is 18.6 Å². The topological polar surface area (TPSA) is 95.7 Å². The van der Waals surface area contributed by atoms with Crippen LogP contribution in [0.3, 0.4) is 0 Å². The van der Waals surface area contributed by atoms with Crippen molar-refractivity contribution < 1.29 is 23.4 Å². The maximum Gasteiger partial charge on any atom is 0.277 e. The fraction of sp³-hybridized carbons (Fsp3) is 0.240. The van der Waals surface area contributed by atoms with E-state index in [0.29, 0.717) is 35.6 Å². The van der Waals surface area contributed by atoms with Crippen LogP contribution in [0.25, 0.3) is 10.8 Å². The monoisotopic (exact) mass is 479 g/mol. The Bertz CT molecular complexity index is 1260. The molecular formula is C25H25N3O5S. The third-order valence-electron chi connectivity index (χ3n) is 5.04. The molecule has 0 unspecified atom stereocenters. The number of aromatic nitrogens is 2. The van der Waals surface area contributed by atoms with Crippen LogP contribution < -0.4 is 19.5 Å². The van der Waals surface area contributed by atoms with Gasteiger partial charge in [-0.3, -0.25) is 4.79 Å². The number of nitrogens with one attached hydrogen (secondary N) is 1. The summed E-state index contributed by atoms with van der Waals surface area (Å²) in [6.45, 7) is 0.660. The number of amides is 1. The van der Waals surface area contributed by atoms with E-state index in [1.54, 1.807) is 14.2 Å². The zero-order valence-electron chi connectivity index (χ0n) is 18.9. The zero-order chi connectivity index (χ0) is 23.8. The second-order valence-corrected chi connectivity index (χ2v) is 8.26. The minimum Gasteiger partial charge on any atom is -0.493 e. The normalized spacial score (nSPS) is 10.8. The van der Waals surface area contributed by atoms with Crippen LogP contribution in [0, 0.1) is 0 Å². The number of hydrogen-bond acceptors (Lipinski definition) is 8. The SMILES string of the molecule is COc1ccc(CCNC(=O)CSc2nnc(COc3ccc4ccccc4c3)o2)cc1OC. The quantitative estimate of drug-likeness (QED) is 0.319. The average molecular weight is 480 g/mol. The van der Waals surface area contributed by atoms with Gasteiger partial charge in [-0.05, 0) is 47.0 Å². The fourth-order valence-corrected chi connectivity index (χ4v) is 3.93. The number of benzene rings is 3. The maximum absolute atomic E-state index is 12.2. The minimum atomic E-state index is -0.113. The molecule has 4 aromatic rings. The molecule has 0 aliphatic rings. The third-order valence-corrected chi connectivity index (χ3v) is 5.86. The highest BCUT2D eigenvalue weighted by molar-refractivity contribution is 7.99. The summed E-state index contributed by atoms with van der Waals surface area (Å²) in [4.78, 5) is 12.2. The van der Waals surface area contributed by atoms with E-state index in [0.717, 1.165) is 22.1 Å². The Hall–Kier alpha value is -3.72. The first kappa shape index (κ1) is 23.4. The molecule has 0 bridgehead atoms. The van der Waals surface area contributed by atoms with Crippen molar-refractivity contribution in [1.82, 2.24) is 15.5 Å². The molecule has 0 atom stereocenters. The predicted octanol–water partition coefficient (Wildman–Crippen LogP) is 4.27. The number of nitrogens with zero attached hydrogens (tertiary/aromatic N) is 2. The van der Waals surface area contributed by atoms with Gasteiger partial charge in [-0.2, -0.15) is 0 Å². The van der Waals surface area contributed by atoms with Crippen molar-refractivity contribution in [2.45, 2.75) is 18.3 Å². The number of carbonyl (C=O) groups is 1. The van der Waals surface area contributed by atoms with Crippen molar-refractivity contribution in [3.05, 3.63) is 72.1 Å². The molecule has 1 amide bonds. The Morgan fingerprint density at radius 2 is 1.79 bits per heavy atom. The Labute approximate surface area is 201 Å². The molecule has 0 aliphatic carbocycles. The standard InChI is InChI=1S/C25H25N3O5S/c1-30-21-10-7-17(13-22(21)31-2)11-12-26-23(29)16-34-25-28-27-24(33-25)15-32-20-9-8-18-5-3-4-6-19(18)14-20/h3-10,13-14H,11-12,15-16H2,1-2H3,(H,26,29). The van der Waals surface area contributed by atoms with Crippen molar-refractivity contribution in [3.63, 3.8) is 0 Å². The average Bonchev–Trinajstić information content (AvgIpc) is 3.34. The predicted molar refractivity (Wildman–Crippen MR) is 130 cm³/mol. The lowest BCUT2D eigenvalue weighted by Crippen LogP contribution is -2.27. The number of thioether (sulfide) groups is 1. The molecule has 1 heterocycles. The van der Waals surface area contributed by atoms with Crippen molar-refractivity contribution in [3.8, 4) is 17.2 Å². The molecule has 0 saturated heterocycles. The summed E-state index contributed by atoms with van der Waals surface area (Å²) < 4.78 is 21.9. The van der Waals surface area contributed by atoms with Gasteiger partial charge in [0.15, 0.2) is 18.1 Å². The molecule has 0 aliphatic heterocycles. The molecular weight excluding hydrogens is 454 g/mol. The Morgan fingerprint density at radius 3 is 2.62 bits per heavy atom. The molecule has 8 nitrogen and oxygen atoms in total. The van der Waals surface area contributed by atoms with Crippen LogP contribution in [-0.2, 0) is 17.8 Å². The van der Waals surface area contributed by atoms with E-state index >= 15 is 0 Å². The van der Waals surface area contributed by atoms with Gasteiger partial charge in [-0.25, -0.2) is 0 Å². The fourth-order valence-electron chi connectivity index (χ4n) is 3.32. The highest BCUT2D eigenvalue weighted by Crippen LogP contribution is 2.27. The number of ether oxygens (including phenoxy) is 3. The highest BCUT2D eigenvalue weighted by Gasteiger charge is 2.11. The number of rotatable bonds is 11. The molecule has 1 aromatic heterocycles. The molecule has 0 fully saturated rings. The first-order valence-corrected chi connectivity index (χ1v) is 11.7. The summed E-state index contributed by atoms with van der Waals surface area (Å²) in [6.07, 6.45) is 0.674. The summed E-state index contributed by atoms with van der Waals surface area (Å²) in [5.41, 5.74) is 1.04. The van der Waals surface area contributed by atoms with Gasteiger partial charge >= 0.3 is 0 Å². The molecule has 4 rings (SSSR count). The van der Waals surface area contributed by atoms with Crippen molar-refractivity contribution in [2.24, 2.45) is 0 Å². The van der Waals surface area contributed by atoms with Gasteiger partial charge in [0.25, 0.3) is 11.1 Å².